The van der Waals surface area contributed by atoms with E-state index in [9.17, 15) is 13.9 Å². The fourth-order valence-corrected chi connectivity index (χ4v) is 3.54. The van der Waals surface area contributed by atoms with Gasteiger partial charge in [0, 0.05) is 21.4 Å². The molecule has 0 fully saturated rings. The molecule has 0 saturated carbocycles. The number of benzene rings is 3. The van der Waals surface area contributed by atoms with Gasteiger partial charge >= 0.3 is 0 Å². The van der Waals surface area contributed by atoms with Crippen LogP contribution in [0.1, 0.15) is 5.56 Å². The minimum Gasteiger partial charge on any atom is -0.503 e. The van der Waals surface area contributed by atoms with Crippen molar-refractivity contribution in [1.29, 1.82) is 0 Å². The maximum atomic E-state index is 13.4. The summed E-state index contributed by atoms with van der Waals surface area (Å²) in [5, 5.41) is 13.3. The molecule has 3 aromatic carbocycles. The molecule has 2 N–H and O–H groups in total. The fraction of sp³-hybridized carbons (Fsp3) is 0.0526. The van der Waals surface area contributed by atoms with Crippen LogP contribution < -0.4 is 5.32 Å². The van der Waals surface area contributed by atoms with E-state index in [0.29, 0.717) is 11.6 Å². The number of phenolic OH excluding ortho intramolecular Hbond substituents is 1. The molecule has 0 heterocycles. The largest absolute Gasteiger partial charge is 0.503 e. The zero-order valence-corrected chi connectivity index (χ0v) is 14.5. The van der Waals surface area contributed by atoms with Crippen LogP contribution in [-0.4, -0.2) is 5.11 Å². The maximum Gasteiger partial charge on any atom is 0.202 e. The van der Waals surface area contributed by atoms with Crippen molar-refractivity contribution in [1.82, 2.24) is 0 Å². The second-order valence-electron chi connectivity index (χ2n) is 5.28. The SMILES string of the molecule is Oc1c(NCc2ccccc2Sc2cccc(Cl)c2)ccc(F)c1F. The standard InChI is InChI=1S/C19H14ClF2NOS/c20-13-5-3-6-14(10-13)25-17-7-2-1-4-12(17)11-23-16-9-8-15(21)18(22)19(16)24/h1-10,23-24H,11H2. The Morgan fingerprint density at radius 1 is 1.00 bits per heavy atom. The Labute approximate surface area is 153 Å². The maximum absolute atomic E-state index is 13.4. The van der Waals surface area contributed by atoms with E-state index in [2.05, 4.69) is 5.32 Å². The van der Waals surface area contributed by atoms with Crippen molar-refractivity contribution < 1.29 is 13.9 Å². The number of rotatable bonds is 5. The molecule has 2 nitrogen and oxygen atoms in total. The van der Waals surface area contributed by atoms with Crippen LogP contribution >= 0.6 is 23.4 Å². The first-order valence-corrected chi connectivity index (χ1v) is 8.66. The molecule has 25 heavy (non-hydrogen) atoms. The molecule has 128 valence electrons. The van der Waals surface area contributed by atoms with Crippen molar-refractivity contribution in [3.05, 3.63) is 82.9 Å². The molecular formula is C19H14ClF2NOS. The highest BCUT2D eigenvalue weighted by Crippen LogP contribution is 2.33. The van der Waals surface area contributed by atoms with Crippen LogP contribution in [0.15, 0.2) is 70.5 Å². The Bertz CT molecular complexity index is 904. The first kappa shape index (κ1) is 17.6. The van der Waals surface area contributed by atoms with E-state index in [1.807, 2.05) is 48.5 Å². The fourth-order valence-electron chi connectivity index (χ4n) is 2.28. The van der Waals surface area contributed by atoms with Crippen LogP contribution in [0.4, 0.5) is 14.5 Å². The second-order valence-corrected chi connectivity index (χ2v) is 6.83. The van der Waals surface area contributed by atoms with Gasteiger partial charge in [-0.25, -0.2) is 4.39 Å². The summed E-state index contributed by atoms with van der Waals surface area (Å²) in [4.78, 5) is 2.00. The summed E-state index contributed by atoms with van der Waals surface area (Å²) in [6, 6.07) is 17.5. The molecule has 0 saturated heterocycles. The predicted molar refractivity (Wildman–Crippen MR) is 97.4 cm³/mol. The van der Waals surface area contributed by atoms with Crippen molar-refractivity contribution >= 4 is 29.1 Å². The van der Waals surface area contributed by atoms with E-state index in [1.54, 1.807) is 11.8 Å². The average molecular weight is 378 g/mol. The number of hydrogen-bond acceptors (Lipinski definition) is 3. The molecule has 0 bridgehead atoms. The van der Waals surface area contributed by atoms with Crippen molar-refractivity contribution in [2.75, 3.05) is 5.32 Å². The molecule has 3 aromatic rings. The Morgan fingerprint density at radius 2 is 1.80 bits per heavy atom. The van der Waals surface area contributed by atoms with Crippen LogP contribution in [-0.2, 0) is 6.54 Å². The third-order valence-electron chi connectivity index (χ3n) is 3.53. The molecule has 3 rings (SSSR count). The smallest absolute Gasteiger partial charge is 0.202 e. The van der Waals surface area contributed by atoms with Gasteiger partial charge in [0.05, 0.1) is 5.69 Å². The monoisotopic (exact) mass is 377 g/mol. The van der Waals surface area contributed by atoms with E-state index in [0.717, 1.165) is 21.4 Å². The first-order valence-electron chi connectivity index (χ1n) is 7.47. The van der Waals surface area contributed by atoms with E-state index >= 15 is 0 Å². The van der Waals surface area contributed by atoms with Gasteiger partial charge in [0.15, 0.2) is 11.6 Å². The van der Waals surface area contributed by atoms with E-state index in [-0.39, 0.29) is 5.69 Å². The Morgan fingerprint density at radius 3 is 2.60 bits per heavy atom. The summed E-state index contributed by atoms with van der Waals surface area (Å²) >= 11 is 7.57. The molecule has 0 aliphatic carbocycles. The van der Waals surface area contributed by atoms with Gasteiger partial charge in [0.1, 0.15) is 0 Å². The van der Waals surface area contributed by atoms with E-state index in [4.69, 9.17) is 11.6 Å². The number of halogens is 3. The van der Waals surface area contributed by atoms with Gasteiger partial charge in [-0.05, 0) is 42.0 Å². The Kier molecular flexibility index (Phi) is 5.46. The minimum atomic E-state index is -1.26. The zero-order chi connectivity index (χ0) is 17.8. The van der Waals surface area contributed by atoms with E-state index in [1.165, 1.54) is 6.07 Å². The molecule has 0 spiro atoms. The summed E-state index contributed by atoms with van der Waals surface area (Å²) < 4.78 is 26.5. The van der Waals surface area contributed by atoms with Gasteiger partial charge in [-0.15, -0.1) is 0 Å². The second kappa shape index (κ2) is 7.76. The predicted octanol–water partition coefficient (Wildman–Crippen LogP) is 6.09. The van der Waals surface area contributed by atoms with Gasteiger partial charge in [0.2, 0.25) is 5.82 Å². The topological polar surface area (TPSA) is 32.3 Å². The summed E-state index contributed by atoms with van der Waals surface area (Å²) in [6.07, 6.45) is 0. The molecule has 0 aromatic heterocycles. The van der Waals surface area contributed by atoms with Gasteiger partial charge in [-0.3, -0.25) is 0 Å². The number of aromatic hydroxyl groups is 1. The summed E-state index contributed by atoms with van der Waals surface area (Å²) in [7, 11) is 0. The number of nitrogens with one attached hydrogen (secondary N) is 1. The molecule has 0 atom stereocenters. The highest BCUT2D eigenvalue weighted by Gasteiger charge is 2.12. The van der Waals surface area contributed by atoms with Crippen LogP contribution in [0.2, 0.25) is 5.02 Å². The van der Waals surface area contributed by atoms with Crippen LogP contribution in [0.3, 0.4) is 0 Å². The number of anilines is 1. The summed E-state index contributed by atoms with van der Waals surface area (Å²) in [5.41, 5.74) is 1.10. The highest BCUT2D eigenvalue weighted by atomic mass is 35.5. The van der Waals surface area contributed by atoms with E-state index < -0.39 is 17.4 Å². The van der Waals surface area contributed by atoms with Crippen molar-refractivity contribution in [3.63, 3.8) is 0 Å². The molecule has 0 aliphatic rings. The third-order valence-corrected chi connectivity index (χ3v) is 4.88. The van der Waals surface area contributed by atoms with Crippen LogP contribution in [0.5, 0.6) is 5.75 Å². The third kappa shape index (κ3) is 4.24. The van der Waals surface area contributed by atoms with Gasteiger partial charge in [0.25, 0.3) is 0 Å². The van der Waals surface area contributed by atoms with Crippen molar-refractivity contribution in [3.8, 4) is 5.75 Å². The van der Waals surface area contributed by atoms with Crippen molar-refractivity contribution in [2.24, 2.45) is 0 Å². The quantitative estimate of drug-likeness (QED) is 0.528. The molecular weight excluding hydrogens is 364 g/mol. The summed E-state index contributed by atoms with van der Waals surface area (Å²) in [5.74, 6) is -3.06. The first-order chi connectivity index (χ1) is 12.0. The lowest BCUT2D eigenvalue weighted by Gasteiger charge is -2.13. The highest BCUT2D eigenvalue weighted by molar-refractivity contribution is 7.99. The Balaban J connectivity index is 1.79. The van der Waals surface area contributed by atoms with Gasteiger partial charge in [-0.2, -0.15) is 4.39 Å². The minimum absolute atomic E-state index is 0.140. The van der Waals surface area contributed by atoms with Gasteiger partial charge < -0.3 is 10.4 Å². The normalized spacial score (nSPS) is 10.7. The Hall–Kier alpha value is -2.24. The average Bonchev–Trinajstić information content (AvgIpc) is 2.60. The van der Waals surface area contributed by atoms with Crippen LogP contribution in [0.25, 0.3) is 0 Å². The van der Waals surface area contributed by atoms with Crippen LogP contribution in [0, 0.1) is 11.6 Å². The zero-order valence-electron chi connectivity index (χ0n) is 13.0. The lowest BCUT2D eigenvalue weighted by molar-refractivity contribution is 0.409. The van der Waals surface area contributed by atoms with Crippen molar-refractivity contribution in [2.45, 2.75) is 16.3 Å². The van der Waals surface area contributed by atoms with Gasteiger partial charge in [-0.1, -0.05) is 47.6 Å². The molecule has 0 unspecified atom stereocenters. The summed E-state index contributed by atoms with van der Waals surface area (Å²) in [6.45, 7) is 0.350. The molecule has 6 heteroatoms. The molecule has 0 radical (unpaired) electrons. The molecule has 0 aliphatic heterocycles. The molecule has 0 amide bonds. The number of phenols is 1. The lowest BCUT2D eigenvalue weighted by atomic mass is 10.2. The lowest BCUT2D eigenvalue weighted by Crippen LogP contribution is -2.02. The number of hydrogen-bond donors (Lipinski definition) is 2.